The van der Waals surface area contributed by atoms with Gasteiger partial charge in [0.05, 0.1) is 17.1 Å². The Morgan fingerprint density at radius 1 is 1.21 bits per heavy atom. The number of hydrogen-bond acceptors (Lipinski definition) is 4. The van der Waals surface area contributed by atoms with Crippen LogP contribution in [0.15, 0.2) is 63.5 Å². The molecule has 7 heteroatoms. The molecule has 142 valence electrons. The minimum atomic E-state index is -0.0695. The van der Waals surface area contributed by atoms with Crippen molar-refractivity contribution in [3.63, 3.8) is 0 Å². The summed E-state index contributed by atoms with van der Waals surface area (Å²) in [7, 11) is 0. The first-order chi connectivity index (χ1) is 13.6. The number of benzene rings is 2. The lowest BCUT2D eigenvalue weighted by molar-refractivity contribution is -0.127. The van der Waals surface area contributed by atoms with Gasteiger partial charge in [-0.15, -0.1) is 10.2 Å². The van der Waals surface area contributed by atoms with E-state index >= 15 is 0 Å². The molecule has 0 atom stereocenters. The van der Waals surface area contributed by atoms with Gasteiger partial charge in [0.2, 0.25) is 17.7 Å². The molecule has 0 unspecified atom stereocenters. The van der Waals surface area contributed by atoms with Crippen molar-refractivity contribution in [3.8, 4) is 11.5 Å². The van der Waals surface area contributed by atoms with Crippen LogP contribution in [-0.4, -0.2) is 27.0 Å². The van der Waals surface area contributed by atoms with Crippen LogP contribution in [0.4, 0.5) is 0 Å². The van der Waals surface area contributed by atoms with Gasteiger partial charge >= 0.3 is 0 Å². The summed E-state index contributed by atoms with van der Waals surface area (Å²) < 4.78 is 6.73. The van der Waals surface area contributed by atoms with E-state index < -0.39 is 0 Å². The molecule has 3 aromatic rings. The van der Waals surface area contributed by atoms with Crippen LogP contribution in [0.1, 0.15) is 24.3 Å². The van der Waals surface area contributed by atoms with Gasteiger partial charge in [0, 0.05) is 16.6 Å². The predicted octanol–water partition coefficient (Wildman–Crippen LogP) is 5.36. The van der Waals surface area contributed by atoms with Crippen molar-refractivity contribution in [2.45, 2.75) is 25.4 Å². The number of halogens is 2. The Kier molecular flexibility index (Phi) is 5.59. The molecule has 0 aliphatic heterocycles. The van der Waals surface area contributed by atoms with E-state index in [0.29, 0.717) is 22.4 Å². The molecule has 0 saturated heterocycles. The van der Waals surface area contributed by atoms with Crippen molar-refractivity contribution < 1.29 is 9.21 Å². The van der Waals surface area contributed by atoms with Gasteiger partial charge in [0.1, 0.15) is 0 Å². The molecule has 4 rings (SSSR count). The Bertz CT molecular complexity index is 1030. The van der Waals surface area contributed by atoms with Gasteiger partial charge < -0.3 is 9.32 Å². The van der Waals surface area contributed by atoms with Crippen molar-refractivity contribution in [2.24, 2.45) is 0 Å². The molecule has 1 aliphatic carbocycles. The van der Waals surface area contributed by atoms with Gasteiger partial charge in [-0.3, -0.25) is 4.79 Å². The van der Waals surface area contributed by atoms with E-state index in [2.05, 4.69) is 26.1 Å². The zero-order chi connectivity index (χ0) is 19.5. The first kappa shape index (κ1) is 18.9. The summed E-state index contributed by atoms with van der Waals surface area (Å²) >= 11 is 9.63. The van der Waals surface area contributed by atoms with Crippen LogP contribution >= 0.6 is 27.5 Å². The molecule has 0 spiro atoms. The normalized spacial score (nSPS) is 13.8. The van der Waals surface area contributed by atoms with Crippen LogP contribution < -0.4 is 0 Å². The maximum atomic E-state index is 12.7. The maximum Gasteiger partial charge on any atom is 0.249 e. The first-order valence-corrected chi connectivity index (χ1v) is 10.1. The van der Waals surface area contributed by atoms with Crippen LogP contribution in [0.25, 0.3) is 17.5 Å². The smallest absolute Gasteiger partial charge is 0.249 e. The van der Waals surface area contributed by atoms with Crippen molar-refractivity contribution in [3.05, 3.63) is 75.6 Å². The van der Waals surface area contributed by atoms with Gasteiger partial charge in [-0.25, -0.2) is 0 Å². The number of aromatic nitrogens is 2. The van der Waals surface area contributed by atoms with Crippen LogP contribution in [0.3, 0.4) is 0 Å². The maximum absolute atomic E-state index is 12.7. The van der Waals surface area contributed by atoms with Crippen molar-refractivity contribution in [1.82, 2.24) is 15.1 Å². The third-order valence-corrected chi connectivity index (χ3v) is 5.24. The molecule has 5 nitrogen and oxygen atoms in total. The minimum absolute atomic E-state index is 0.0695. The lowest BCUT2D eigenvalue weighted by Gasteiger charge is -2.18. The van der Waals surface area contributed by atoms with E-state index in [9.17, 15) is 4.79 Å². The summed E-state index contributed by atoms with van der Waals surface area (Å²) in [6, 6.07) is 15.3. The lowest BCUT2D eigenvalue weighted by Crippen LogP contribution is -2.31. The Morgan fingerprint density at radius 3 is 2.79 bits per heavy atom. The quantitative estimate of drug-likeness (QED) is 0.467. The fourth-order valence-electron chi connectivity index (χ4n) is 2.85. The molecule has 0 bridgehead atoms. The fourth-order valence-corrected chi connectivity index (χ4v) is 3.49. The highest BCUT2D eigenvalue weighted by atomic mass is 79.9. The average Bonchev–Trinajstić information content (AvgIpc) is 3.43. The van der Waals surface area contributed by atoms with Crippen molar-refractivity contribution in [2.75, 3.05) is 0 Å². The Morgan fingerprint density at radius 2 is 2.04 bits per heavy atom. The second kappa shape index (κ2) is 8.29. The van der Waals surface area contributed by atoms with Gasteiger partial charge in [0.15, 0.2) is 0 Å². The topological polar surface area (TPSA) is 59.2 Å². The third-order valence-electron chi connectivity index (χ3n) is 4.41. The van der Waals surface area contributed by atoms with E-state index in [1.807, 2.05) is 48.5 Å². The molecule has 0 radical (unpaired) electrons. The summed E-state index contributed by atoms with van der Waals surface area (Å²) in [4.78, 5) is 14.5. The van der Waals surface area contributed by atoms with Crippen molar-refractivity contribution in [1.29, 1.82) is 0 Å². The number of amides is 1. The molecule has 1 amide bonds. The molecular formula is C21H17BrClN3O2. The SMILES string of the molecule is O=C(C=Cc1cccc(Br)c1)N(Cc1nnc(-c2ccccc2Cl)o1)C1CC1. The van der Waals surface area contributed by atoms with E-state index in [-0.39, 0.29) is 18.5 Å². The average molecular weight is 459 g/mol. The largest absolute Gasteiger partial charge is 0.419 e. The molecule has 2 aromatic carbocycles. The third kappa shape index (κ3) is 4.51. The Hall–Kier alpha value is -2.44. The second-order valence-corrected chi connectivity index (χ2v) is 7.89. The molecule has 1 heterocycles. The van der Waals surface area contributed by atoms with Gasteiger partial charge in [0.25, 0.3) is 0 Å². The van der Waals surface area contributed by atoms with E-state index in [0.717, 1.165) is 22.9 Å². The van der Waals surface area contributed by atoms with Gasteiger partial charge in [-0.1, -0.05) is 51.8 Å². The highest BCUT2D eigenvalue weighted by Gasteiger charge is 2.32. The van der Waals surface area contributed by atoms with E-state index in [1.54, 1.807) is 17.0 Å². The van der Waals surface area contributed by atoms with Crippen LogP contribution in [0.2, 0.25) is 5.02 Å². The Balaban J connectivity index is 1.49. The highest BCUT2D eigenvalue weighted by Crippen LogP contribution is 2.30. The minimum Gasteiger partial charge on any atom is -0.419 e. The van der Waals surface area contributed by atoms with Gasteiger partial charge in [-0.2, -0.15) is 0 Å². The van der Waals surface area contributed by atoms with E-state index in [1.165, 1.54) is 0 Å². The van der Waals surface area contributed by atoms with Crippen LogP contribution in [0.5, 0.6) is 0 Å². The zero-order valence-electron chi connectivity index (χ0n) is 14.9. The number of nitrogens with zero attached hydrogens (tertiary/aromatic N) is 3. The fraction of sp³-hybridized carbons (Fsp3) is 0.190. The molecule has 1 aliphatic rings. The number of hydrogen-bond donors (Lipinski definition) is 0. The molecule has 28 heavy (non-hydrogen) atoms. The Labute approximate surface area is 176 Å². The van der Waals surface area contributed by atoms with E-state index in [4.69, 9.17) is 16.0 Å². The van der Waals surface area contributed by atoms with Crippen molar-refractivity contribution >= 4 is 39.5 Å². The molecular weight excluding hydrogens is 442 g/mol. The summed E-state index contributed by atoms with van der Waals surface area (Å²) in [5, 5.41) is 8.72. The standard InChI is InChI=1S/C21H17BrClN3O2/c22-15-5-3-4-14(12-15)8-11-20(27)26(16-9-10-16)13-19-24-25-21(28-19)17-6-1-2-7-18(17)23/h1-8,11-12,16H,9-10,13H2. The van der Waals surface area contributed by atoms with Crippen LogP contribution in [-0.2, 0) is 11.3 Å². The summed E-state index contributed by atoms with van der Waals surface area (Å²) in [6.07, 6.45) is 5.38. The summed E-state index contributed by atoms with van der Waals surface area (Å²) in [5.41, 5.74) is 1.64. The molecule has 1 aromatic heterocycles. The first-order valence-electron chi connectivity index (χ1n) is 8.92. The molecule has 0 N–H and O–H groups in total. The summed E-state index contributed by atoms with van der Waals surface area (Å²) in [5.74, 6) is 0.680. The molecule has 1 fully saturated rings. The predicted molar refractivity (Wildman–Crippen MR) is 111 cm³/mol. The molecule has 1 saturated carbocycles. The monoisotopic (exact) mass is 457 g/mol. The lowest BCUT2D eigenvalue weighted by atomic mass is 10.2. The number of carbonyl (C=O) groups is 1. The number of carbonyl (C=O) groups excluding carboxylic acids is 1. The zero-order valence-corrected chi connectivity index (χ0v) is 17.2. The highest BCUT2D eigenvalue weighted by molar-refractivity contribution is 9.10. The second-order valence-electron chi connectivity index (χ2n) is 6.57. The number of rotatable bonds is 6. The van der Waals surface area contributed by atoms with Gasteiger partial charge in [-0.05, 0) is 48.7 Å². The summed E-state index contributed by atoms with van der Waals surface area (Å²) in [6.45, 7) is 0.282. The van der Waals surface area contributed by atoms with Crippen LogP contribution in [0, 0.1) is 0 Å².